The molecule has 0 unspecified atom stereocenters. The summed E-state index contributed by atoms with van der Waals surface area (Å²) in [5.41, 5.74) is 4.89. The van der Waals surface area contributed by atoms with Gasteiger partial charge in [-0.15, -0.1) is 0 Å². The molecule has 156 valence electrons. The lowest BCUT2D eigenvalue weighted by molar-refractivity contribution is -0.123. The molecule has 0 fully saturated rings. The van der Waals surface area contributed by atoms with Crippen LogP contribution in [0, 0.1) is 0 Å². The molecule has 0 radical (unpaired) electrons. The monoisotopic (exact) mass is 422 g/mol. The smallest absolute Gasteiger partial charge is 0.261 e. The summed E-state index contributed by atoms with van der Waals surface area (Å²) in [6.45, 7) is 0. The Morgan fingerprint density at radius 3 is 1.38 bits per heavy atom. The molecule has 0 N–H and O–H groups in total. The normalized spacial score (nSPS) is 19.1. The minimum absolute atomic E-state index is 0.213. The van der Waals surface area contributed by atoms with Gasteiger partial charge in [0.1, 0.15) is 0 Å². The molecule has 0 spiro atoms. The lowest BCUT2D eigenvalue weighted by atomic mass is 9.76. The molecule has 0 aromatic heterocycles. The summed E-state index contributed by atoms with van der Waals surface area (Å²) < 4.78 is 0. The van der Waals surface area contributed by atoms with Gasteiger partial charge in [-0.05, 0) is 70.5 Å². The third kappa shape index (κ3) is 1.80. The summed E-state index contributed by atoms with van der Waals surface area (Å²) in [5, 5.41) is 5.51. The van der Waals surface area contributed by atoms with E-state index < -0.39 is 0 Å². The van der Waals surface area contributed by atoms with Gasteiger partial charge in [-0.2, -0.15) is 0 Å². The van der Waals surface area contributed by atoms with Gasteiger partial charge in [0.05, 0.1) is 0 Å². The molecule has 2 heterocycles. The highest BCUT2D eigenvalue weighted by molar-refractivity contribution is 6.30. The average Bonchev–Trinajstić information content (AvgIpc) is 2.82. The number of carbonyl (C=O) groups is 4. The molecule has 4 aliphatic rings. The number of rotatable bonds is 0. The molecule has 3 aromatic carbocycles. The molecule has 0 saturated carbocycles. The van der Waals surface area contributed by atoms with E-state index in [-0.39, 0.29) is 23.6 Å². The summed E-state index contributed by atoms with van der Waals surface area (Å²) in [7, 11) is 3.08. The quantitative estimate of drug-likeness (QED) is 0.406. The molecule has 0 atom stereocenters. The SMILES string of the molecule is CN1C(=O)C2=c3c(ccc4c3c(c3c5c6c(ccc54)C(=O)N(C)C(=O)C=6CC3)CC2)C1=O. The van der Waals surface area contributed by atoms with Crippen LogP contribution in [0.3, 0.4) is 0 Å². The highest BCUT2D eigenvalue weighted by Crippen LogP contribution is 2.39. The van der Waals surface area contributed by atoms with Crippen LogP contribution in [0.1, 0.15) is 44.7 Å². The summed E-state index contributed by atoms with van der Waals surface area (Å²) in [6.07, 6.45) is 2.59. The first-order chi connectivity index (χ1) is 15.4. The maximum atomic E-state index is 12.9. The zero-order valence-electron chi connectivity index (χ0n) is 17.7. The van der Waals surface area contributed by atoms with E-state index in [0.29, 0.717) is 48.0 Å². The van der Waals surface area contributed by atoms with Crippen molar-refractivity contribution < 1.29 is 19.2 Å². The van der Waals surface area contributed by atoms with Crippen molar-refractivity contribution in [3.8, 4) is 0 Å². The zero-order chi connectivity index (χ0) is 22.0. The molecular weight excluding hydrogens is 404 g/mol. The van der Waals surface area contributed by atoms with Crippen LogP contribution in [-0.4, -0.2) is 47.5 Å². The fraction of sp³-hybridized carbons (Fsp3) is 0.231. The van der Waals surface area contributed by atoms with Crippen LogP contribution in [0.2, 0.25) is 0 Å². The predicted octanol–water partition coefficient (Wildman–Crippen LogP) is 1.41. The highest BCUT2D eigenvalue weighted by atomic mass is 16.2. The first-order valence-electron chi connectivity index (χ1n) is 10.8. The van der Waals surface area contributed by atoms with Gasteiger partial charge >= 0.3 is 0 Å². The Bertz CT molecular complexity index is 1550. The predicted molar refractivity (Wildman–Crippen MR) is 118 cm³/mol. The fourth-order valence-electron chi connectivity index (χ4n) is 6.25. The number of carbonyl (C=O) groups excluding carboxylic acids is 4. The van der Waals surface area contributed by atoms with Crippen LogP contribution < -0.4 is 10.4 Å². The van der Waals surface area contributed by atoms with Crippen molar-refractivity contribution in [2.24, 2.45) is 0 Å². The molecule has 4 amide bonds. The standard InChI is InChI=1S/C26H18N2O4/c1-27-23(29)15-7-3-11-13-5-9-17-22-18(26(32)28(2)25(17)31)10-6-14(20(13)22)12-4-8-16(24(27)30)21(15)19(11)12/h3,5,7,9H,4,6,8,10H2,1-2H3. The van der Waals surface area contributed by atoms with Gasteiger partial charge in [0.15, 0.2) is 0 Å². The third-order valence-electron chi connectivity index (χ3n) is 7.72. The maximum absolute atomic E-state index is 12.9. The van der Waals surface area contributed by atoms with Crippen LogP contribution in [0.5, 0.6) is 0 Å². The Morgan fingerprint density at radius 1 is 0.562 bits per heavy atom. The molecule has 0 saturated heterocycles. The first kappa shape index (κ1) is 17.8. The number of nitrogens with zero attached hydrogens (tertiary/aromatic N) is 2. The Balaban J connectivity index is 1.76. The fourth-order valence-corrected chi connectivity index (χ4v) is 6.25. The molecule has 2 aliphatic heterocycles. The van der Waals surface area contributed by atoms with E-state index in [2.05, 4.69) is 0 Å². The van der Waals surface area contributed by atoms with Crippen LogP contribution in [0.4, 0.5) is 0 Å². The second-order valence-electron chi connectivity index (χ2n) is 9.07. The molecule has 0 bridgehead atoms. The van der Waals surface area contributed by atoms with Gasteiger partial charge in [-0.1, -0.05) is 12.1 Å². The van der Waals surface area contributed by atoms with E-state index in [4.69, 9.17) is 0 Å². The molecule has 32 heavy (non-hydrogen) atoms. The summed E-state index contributed by atoms with van der Waals surface area (Å²) >= 11 is 0. The molecule has 3 aromatic rings. The van der Waals surface area contributed by atoms with Gasteiger partial charge in [0, 0.05) is 46.8 Å². The topological polar surface area (TPSA) is 74.8 Å². The lowest BCUT2D eigenvalue weighted by Gasteiger charge is -2.32. The molecule has 6 heteroatoms. The van der Waals surface area contributed by atoms with Crippen molar-refractivity contribution in [1.82, 2.24) is 9.80 Å². The molecule has 7 rings (SSSR count). The van der Waals surface area contributed by atoms with Crippen molar-refractivity contribution in [2.75, 3.05) is 14.1 Å². The van der Waals surface area contributed by atoms with Crippen molar-refractivity contribution in [3.05, 3.63) is 57.0 Å². The van der Waals surface area contributed by atoms with Crippen molar-refractivity contribution in [2.45, 2.75) is 25.7 Å². The second-order valence-corrected chi connectivity index (χ2v) is 9.07. The van der Waals surface area contributed by atoms with Gasteiger partial charge in [0.25, 0.3) is 23.6 Å². The Labute approximate surface area is 182 Å². The van der Waals surface area contributed by atoms with E-state index >= 15 is 0 Å². The number of hydrogen-bond acceptors (Lipinski definition) is 4. The van der Waals surface area contributed by atoms with Crippen LogP contribution in [0.15, 0.2) is 24.3 Å². The van der Waals surface area contributed by atoms with E-state index in [9.17, 15) is 19.2 Å². The Kier molecular flexibility index (Phi) is 3.07. The van der Waals surface area contributed by atoms with E-state index in [1.165, 1.54) is 9.80 Å². The van der Waals surface area contributed by atoms with Crippen LogP contribution in [0.25, 0.3) is 32.7 Å². The zero-order valence-corrected chi connectivity index (χ0v) is 17.7. The number of amides is 4. The van der Waals surface area contributed by atoms with Crippen molar-refractivity contribution in [1.29, 1.82) is 0 Å². The van der Waals surface area contributed by atoms with Gasteiger partial charge in [0.2, 0.25) is 0 Å². The Morgan fingerprint density at radius 2 is 0.969 bits per heavy atom. The number of imide groups is 2. The van der Waals surface area contributed by atoms with Crippen molar-refractivity contribution in [3.63, 3.8) is 0 Å². The number of hydrogen-bond donors (Lipinski definition) is 0. The van der Waals surface area contributed by atoms with Gasteiger partial charge in [-0.25, -0.2) is 0 Å². The molecular formula is C26H18N2O4. The maximum Gasteiger partial charge on any atom is 0.261 e. The first-order valence-corrected chi connectivity index (χ1v) is 10.8. The minimum Gasteiger partial charge on any atom is -0.278 e. The summed E-state index contributed by atoms with van der Waals surface area (Å²) in [4.78, 5) is 54.0. The summed E-state index contributed by atoms with van der Waals surface area (Å²) in [5.74, 6) is -0.959. The molecule has 6 nitrogen and oxygen atoms in total. The molecule has 2 aliphatic carbocycles. The largest absolute Gasteiger partial charge is 0.278 e. The average molecular weight is 422 g/mol. The number of aryl methyl sites for hydroxylation is 2. The lowest BCUT2D eigenvalue weighted by Crippen LogP contribution is -2.46. The minimum atomic E-state index is -0.266. The van der Waals surface area contributed by atoms with E-state index in [0.717, 1.165) is 43.1 Å². The highest BCUT2D eigenvalue weighted by Gasteiger charge is 2.37. The van der Waals surface area contributed by atoms with E-state index in [1.807, 2.05) is 24.3 Å². The summed E-state index contributed by atoms with van der Waals surface area (Å²) in [6, 6.07) is 7.55. The number of fused-ring (bicyclic) bond motifs is 2. The number of benzene rings is 3. The van der Waals surface area contributed by atoms with Crippen LogP contribution >= 0.6 is 0 Å². The third-order valence-corrected chi connectivity index (χ3v) is 7.72. The van der Waals surface area contributed by atoms with Gasteiger partial charge in [-0.3, -0.25) is 29.0 Å². The van der Waals surface area contributed by atoms with E-state index in [1.54, 1.807) is 14.1 Å². The van der Waals surface area contributed by atoms with Gasteiger partial charge < -0.3 is 0 Å². The second kappa shape index (κ2) is 5.51. The van der Waals surface area contributed by atoms with Crippen LogP contribution in [-0.2, 0) is 22.4 Å². The van der Waals surface area contributed by atoms with Crippen molar-refractivity contribution >= 4 is 56.3 Å². The Hall–Kier alpha value is -3.80.